The summed E-state index contributed by atoms with van der Waals surface area (Å²) in [5.74, 6) is 0. The van der Waals surface area contributed by atoms with Crippen LogP contribution in [0.5, 0.6) is 0 Å². The van der Waals surface area contributed by atoms with Crippen molar-refractivity contribution in [1.82, 2.24) is 9.97 Å². The fourth-order valence-electron chi connectivity index (χ4n) is 1.36. The summed E-state index contributed by atoms with van der Waals surface area (Å²) in [6.07, 6.45) is 1.59. The maximum Gasteiger partial charge on any atom is 0.0931 e. The summed E-state index contributed by atoms with van der Waals surface area (Å²) in [6, 6.07) is 3.57. The second-order valence-electron chi connectivity index (χ2n) is 2.86. The van der Waals surface area contributed by atoms with E-state index in [1.165, 1.54) is 0 Å². The molecule has 0 spiro atoms. The van der Waals surface area contributed by atoms with E-state index in [0.717, 1.165) is 22.2 Å². The lowest BCUT2D eigenvalue weighted by Crippen LogP contribution is -1.93. The van der Waals surface area contributed by atoms with Crippen molar-refractivity contribution in [2.24, 2.45) is 0 Å². The largest absolute Gasteiger partial charge is 0.392 e. The van der Waals surface area contributed by atoms with E-state index in [1.807, 2.05) is 0 Å². The third kappa shape index (κ3) is 1.30. The number of rotatable bonds is 2. The number of aromatic amines is 1. The van der Waals surface area contributed by atoms with Gasteiger partial charge in [0.25, 0.3) is 0 Å². The summed E-state index contributed by atoms with van der Waals surface area (Å²) < 4.78 is 0. The van der Waals surface area contributed by atoms with Gasteiger partial charge < -0.3 is 15.2 Å². The Hall–Kier alpha value is -1.39. The number of aliphatic hydroxyl groups excluding tert-OH is 2. The van der Waals surface area contributed by atoms with Gasteiger partial charge >= 0.3 is 0 Å². The lowest BCUT2D eigenvalue weighted by atomic mass is 10.1. The molecular formula is C9H10N2O2. The fourth-order valence-corrected chi connectivity index (χ4v) is 1.36. The molecule has 0 atom stereocenters. The van der Waals surface area contributed by atoms with Crippen molar-refractivity contribution >= 4 is 11.0 Å². The average molecular weight is 178 g/mol. The molecule has 0 fully saturated rings. The summed E-state index contributed by atoms with van der Waals surface area (Å²) >= 11 is 0. The lowest BCUT2D eigenvalue weighted by Gasteiger charge is -2.03. The van der Waals surface area contributed by atoms with Gasteiger partial charge in [-0.2, -0.15) is 0 Å². The Labute approximate surface area is 74.9 Å². The van der Waals surface area contributed by atoms with E-state index in [4.69, 9.17) is 10.2 Å². The first-order chi connectivity index (χ1) is 6.35. The normalized spacial score (nSPS) is 10.9. The van der Waals surface area contributed by atoms with Crippen LogP contribution in [0.1, 0.15) is 11.1 Å². The predicted octanol–water partition coefficient (Wildman–Crippen LogP) is 0.547. The molecule has 4 nitrogen and oxygen atoms in total. The van der Waals surface area contributed by atoms with E-state index in [1.54, 1.807) is 18.5 Å². The maximum absolute atomic E-state index is 9.00. The lowest BCUT2D eigenvalue weighted by molar-refractivity contribution is 0.260. The summed E-state index contributed by atoms with van der Waals surface area (Å²) in [5, 5.41) is 18.0. The Morgan fingerprint density at radius 1 is 1.15 bits per heavy atom. The second-order valence-corrected chi connectivity index (χ2v) is 2.86. The van der Waals surface area contributed by atoms with Gasteiger partial charge in [-0.05, 0) is 23.3 Å². The molecular weight excluding hydrogens is 168 g/mol. The van der Waals surface area contributed by atoms with Gasteiger partial charge in [-0.15, -0.1) is 0 Å². The zero-order chi connectivity index (χ0) is 9.26. The minimum absolute atomic E-state index is 0.0646. The molecule has 0 radical (unpaired) electrons. The van der Waals surface area contributed by atoms with Gasteiger partial charge in [-0.1, -0.05) is 0 Å². The number of benzene rings is 1. The minimum atomic E-state index is -0.0707. The average Bonchev–Trinajstić information content (AvgIpc) is 2.62. The molecule has 0 amide bonds. The number of H-pyrrole nitrogens is 1. The maximum atomic E-state index is 9.00. The Morgan fingerprint density at radius 3 is 2.54 bits per heavy atom. The first-order valence-corrected chi connectivity index (χ1v) is 4.01. The second kappa shape index (κ2) is 3.16. The molecule has 68 valence electrons. The van der Waals surface area contributed by atoms with Crippen LogP contribution < -0.4 is 0 Å². The van der Waals surface area contributed by atoms with E-state index in [2.05, 4.69) is 9.97 Å². The third-order valence-electron chi connectivity index (χ3n) is 2.08. The highest BCUT2D eigenvalue weighted by Gasteiger charge is 2.04. The molecule has 1 heterocycles. The van der Waals surface area contributed by atoms with Crippen molar-refractivity contribution in [2.75, 3.05) is 0 Å². The summed E-state index contributed by atoms with van der Waals surface area (Å²) in [7, 11) is 0. The van der Waals surface area contributed by atoms with E-state index >= 15 is 0 Å². The highest BCUT2D eigenvalue weighted by atomic mass is 16.3. The van der Waals surface area contributed by atoms with Crippen LogP contribution in [0.2, 0.25) is 0 Å². The van der Waals surface area contributed by atoms with E-state index in [0.29, 0.717) is 0 Å². The molecule has 0 aliphatic heterocycles. The summed E-state index contributed by atoms with van der Waals surface area (Å²) in [5.41, 5.74) is 3.14. The quantitative estimate of drug-likeness (QED) is 0.629. The van der Waals surface area contributed by atoms with E-state index in [-0.39, 0.29) is 13.2 Å². The summed E-state index contributed by atoms with van der Waals surface area (Å²) in [4.78, 5) is 7.00. The molecule has 2 aromatic rings. The van der Waals surface area contributed by atoms with Crippen molar-refractivity contribution in [2.45, 2.75) is 13.2 Å². The van der Waals surface area contributed by atoms with Crippen molar-refractivity contribution in [1.29, 1.82) is 0 Å². The number of aromatic nitrogens is 2. The van der Waals surface area contributed by atoms with Gasteiger partial charge in [0.2, 0.25) is 0 Å². The van der Waals surface area contributed by atoms with Gasteiger partial charge in [0.15, 0.2) is 0 Å². The first-order valence-electron chi connectivity index (χ1n) is 4.01. The van der Waals surface area contributed by atoms with E-state index in [9.17, 15) is 0 Å². The van der Waals surface area contributed by atoms with Crippen molar-refractivity contribution in [3.63, 3.8) is 0 Å². The highest BCUT2D eigenvalue weighted by Crippen LogP contribution is 2.17. The van der Waals surface area contributed by atoms with Crippen LogP contribution in [-0.2, 0) is 13.2 Å². The van der Waals surface area contributed by atoms with Gasteiger partial charge in [0.05, 0.1) is 30.6 Å². The van der Waals surface area contributed by atoms with Crippen LogP contribution in [0, 0.1) is 0 Å². The number of imidazole rings is 1. The number of fused-ring (bicyclic) bond motifs is 1. The van der Waals surface area contributed by atoms with Gasteiger partial charge in [0.1, 0.15) is 0 Å². The van der Waals surface area contributed by atoms with Crippen LogP contribution in [-0.4, -0.2) is 20.2 Å². The first kappa shape index (κ1) is 8.22. The van der Waals surface area contributed by atoms with E-state index < -0.39 is 0 Å². The molecule has 0 aliphatic rings. The van der Waals surface area contributed by atoms with Crippen LogP contribution in [0.3, 0.4) is 0 Å². The Bertz CT molecular complexity index is 384. The molecule has 3 N–H and O–H groups in total. The van der Waals surface area contributed by atoms with Gasteiger partial charge in [-0.25, -0.2) is 4.98 Å². The Balaban J connectivity index is 2.67. The zero-order valence-corrected chi connectivity index (χ0v) is 6.99. The molecule has 0 aliphatic carbocycles. The molecule has 4 heteroatoms. The highest BCUT2D eigenvalue weighted by molar-refractivity contribution is 5.76. The van der Waals surface area contributed by atoms with Crippen LogP contribution >= 0.6 is 0 Å². The Morgan fingerprint density at radius 2 is 1.85 bits per heavy atom. The van der Waals surface area contributed by atoms with Crippen LogP contribution in [0.25, 0.3) is 11.0 Å². The fraction of sp³-hybridized carbons (Fsp3) is 0.222. The van der Waals surface area contributed by atoms with Crippen molar-refractivity contribution in [3.8, 4) is 0 Å². The number of aliphatic hydroxyl groups is 2. The zero-order valence-electron chi connectivity index (χ0n) is 6.99. The molecule has 0 saturated heterocycles. The smallest absolute Gasteiger partial charge is 0.0931 e. The van der Waals surface area contributed by atoms with Crippen LogP contribution in [0.15, 0.2) is 18.5 Å². The van der Waals surface area contributed by atoms with Gasteiger partial charge in [-0.3, -0.25) is 0 Å². The predicted molar refractivity (Wildman–Crippen MR) is 47.9 cm³/mol. The van der Waals surface area contributed by atoms with Crippen LogP contribution in [0.4, 0.5) is 0 Å². The minimum Gasteiger partial charge on any atom is -0.392 e. The molecule has 13 heavy (non-hydrogen) atoms. The standard InChI is InChI=1S/C9H10N2O2/c12-3-6-1-8-9(11-5-10-8)2-7(6)4-13/h1-2,5,12-13H,3-4H2,(H,10,11). The molecule has 1 aromatic carbocycles. The summed E-state index contributed by atoms with van der Waals surface area (Å²) in [6.45, 7) is -0.135. The molecule has 1 aromatic heterocycles. The SMILES string of the molecule is OCc1cc2nc[nH]c2cc1CO. The molecule has 0 unspecified atom stereocenters. The number of nitrogens with zero attached hydrogens (tertiary/aromatic N) is 1. The number of nitrogens with one attached hydrogen (secondary N) is 1. The third-order valence-corrected chi connectivity index (χ3v) is 2.08. The molecule has 0 bridgehead atoms. The van der Waals surface area contributed by atoms with Crippen molar-refractivity contribution in [3.05, 3.63) is 29.6 Å². The monoisotopic (exact) mass is 178 g/mol. The van der Waals surface area contributed by atoms with Gasteiger partial charge in [0, 0.05) is 0 Å². The van der Waals surface area contributed by atoms with Crippen molar-refractivity contribution < 1.29 is 10.2 Å². The topological polar surface area (TPSA) is 69.1 Å². The number of hydrogen-bond acceptors (Lipinski definition) is 3. The molecule has 0 saturated carbocycles. The Kier molecular flexibility index (Phi) is 2.00. The molecule has 2 rings (SSSR count). The number of hydrogen-bond donors (Lipinski definition) is 3.